The van der Waals surface area contributed by atoms with Gasteiger partial charge in [0.05, 0.1) is 25.4 Å². The van der Waals surface area contributed by atoms with E-state index in [1.807, 2.05) is 30.3 Å². The molecule has 2 atom stereocenters. The third kappa shape index (κ3) is 3.54. The summed E-state index contributed by atoms with van der Waals surface area (Å²) in [5.41, 5.74) is 0.871. The van der Waals surface area contributed by atoms with Crippen LogP contribution in [0.3, 0.4) is 0 Å². The van der Waals surface area contributed by atoms with Gasteiger partial charge in [-0.25, -0.2) is 0 Å². The van der Waals surface area contributed by atoms with Crippen molar-refractivity contribution in [1.82, 2.24) is 29.5 Å². The van der Waals surface area contributed by atoms with Gasteiger partial charge >= 0.3 is 0 Å². The van der Waals surface area contributed by atoms with E-state index in [-0.39, 0.29) is 24.3 Å². The van der Waals surface area contributed by atoms with Crippen molar-refractivity contribution in [1.29, 1.82) is 0 Å². The van der Waals surface area contributed by atoms with E-state index in [4.69, 9.17) is 4.74 Å². The highest BCUT2D eigenvalue weighted by Crippen LogP contribution is 2.42. The summed E-state index contributed by atoms with van der Waals surface area (Å²) in [5.74, 6) is -0.669. The van der Waals surface area contributed by atoms with Crippen LogP contribution in [-0.4, -0.2) is 73.2 Å². The molecule has 164 valence electrons. The second kappa shape index (κ2) is 8.16. The van der Waals surface area contributed by atoms with Crippen LogP contribution in [0.1, 0.15) is 27.7 Å². The van der Waals surface area contributed by atoms with E-state index >= 15 is 0 Å². The van der Waals surface area contributed by atoms with Crippen molar-refractivity contribution in [2.45, 2.75) is 18.1 Å². The third-order valence-electron chi connectivity index (χ3n) is 6.15. The number of morpholine rings is 1. The fraction of sp³-hybridized carbons (Fsp3) is 0.348. The number of carbonyl (C=O) groups is 2. The molecule has 2 aliphatic heterocycles. The number of carbonyl (C=O) groups excluding carboxylic acids is 2. The van der Waals surface area contributed by atoms with Crippen LogP contribution in [0.25, 0.3) is 0 Å². The van der Waals surface area contributed by atoms with Gasteiger partial charge in [0.15, 0.2) is 5.60 Å². The lowest BCUT2D eigenvalue weighted by molar-refractivity contribution is -0.172. The van der Waals surface area contributed by atoms with E-state index in [9.17, 15) is 9.59 Å². The third-order valence-corrected chi connectivity index (χ3v) is 6.15. The van der Waals surface area contributed by atoms with E-state index < -0.39 is 5.60 Å². The molecule has 0 N–H and O–H groups in total. The first-order valence-electron chi connectivity index (χ1n) is 10.6. The van der Waals surface area contributed by atoms with Crippen molar-refractivity contribution in [2.75, 3.05) is 26.2 Å². The van der Waals surface area contributed by atoms with Crippen LogP contribution in [0, 0.1) is 0 Å². The molecule has 2 aliphatic rings. The molecule has 0 saturated carbocycles. The average molecular weight is 432 g/mol. The number of hydrogen-bond donors (Lipinski definition) is 0. The van der Waals surface area contributed by atoms with Gasteiger partial charge in [-0.3, -0.25) is 24.2 Å². The highest BCUT2D eigenvalue weighted by Gasteiger charge is 2.58. The summed E-state index contributed by atoms with van der Waals surface area (Å²) in [6.07, 6.45) is 6.89. The highest BCUT2D eigenvalue weighted by atomic mass is 16.5. The van der Waals surface area contributed by atoms with E-state index in [1.54, 1.807) is 52.4 Å². The summed E-state index contributed by atoms with van der Waals surface area (Å²) < 4.78 is 7.83. The number of aromatic nitrogens is 4. The molecule has 0 bridgehead atoms. The monoisotopic (exact) mass is 432 g/mol. The zero-order valence-corrected chi connectivity index (χ0v) is 17.8. The predicted molar refractivity (Wildman–Crippen MR) is 114 cm³/mol. The Hall–Kier alpha value is -3.59. The molecule has 32 heavy (non-hydrogen) atoms. The first-order chi connectivity index (χ1) is 15.6. The molecule has 0 aromatic carbocycles. The minimum atomic E-state index is -1.17. The number of nitrogens with zero attached hydrogens (tertiary/aromatic N) is 6. The Morgan fingerprint density at radius 2 is 2.12 bits per heavy atom. The molecule has 5 heterocycles. The van der Waals surface area contributed by atoms with Gasteiger partial charge in [0.2, 0.25) is 0 Å². The Kier molecular flexibility index (Phi) is 5.18. The number of pyridine rings is 2. The topological polar surface area (TPSA) is 93.5 Å². The van der Waals surface area contributed by atoms with Crippen LogP contribution in [-0.2, 0) is 23.1 Å². The molecule has 3 aromatic rings. The summed E-state index contributed by atoms with van der Waals surface area (Å²) in [7, 11) is 1.77. The fourth-order valence-electron chi connectivity index (χ4n) is 4.60. The molecule has 5 rings (SSSR count). The Balaban J connectivity index is 1.48. The van der Waals surface area contributed by atoms with E-state index in [0.717, 1.165) is 11.3 Å². The van der Waals surface area contributed by atoms with Gasteiger partial charge < -0.3 is 14.5 Å². The Morgan fingerprint density at radius 3 is 2.84 bits per heavy atom. The summed E-state index contributed by atoms with van der Waals surface area (Å²) in [4.78, 5) is 39.1. The molecule has 0 radical (unpaired) electrons. The van der Waals surface area contributed by atoms with Crippen LogP contribution in [0.15, 0.2) is 61.2 Å². The molecule has 2 fully saturated rings. The number of likely N-dealkylation sites (tertiary alicyclic amines) is 1. The summed E-state index contributed by atoms with van der Waals surface area (Å²) in [6, 6.07) is 11.1. The Bertz CT molecular complexity index is 1120. The largest absolute Gasteiger partial charge is 0.361 e. The highest BCUT2D eigenvalue weighted by molar-refractivity contribution is 5.95. The number of amides is 2. The maximum atomic E-state index is 13.8. The van der Waals surface area contributed by atoms with E-state index in [2.05, 4.69) is 15.1 Å². The first kappa shape index (κ1) is 20.3. The average Bonchev–Trinajstić information content (AvgIpc) is 3.42. The molecular weight excluding hydrogens is 408 g/mol. The fourth-order valence-corrected chi connectivity index (χ4v) is 4.60. The van der Waals surface area contributed by atoms with Crippen molar-refractivity contribution in [3.63, 3.8) is 0 Å². The molecule has 0 aliphatic carbocycles. The molecule has 2 saturated heterocycles. The lowest BCUT2D eigenvalue weighted by atomic mass is 9.83. The predicted octanol–water partition coefficient (Wildman–Crippen LogP) is 1.25. The first-order valence-corrected chi connectivity index (χ1v) is 10.6. The molecule has 9 nitrogen and oxygen atoms in total. The molecule has 2 amide bonds. The van der Waals surface area contributed by atoms with Crippen LogP contribution >= 0.6 is 0 Å². The lowest BCUT2D eigenvalue weighted by Gasteiger charge is -2.42. The molecular formula is C23H24N6O3. The maximum absolute atomic E-state index is 13.8. The quantitative estimate of drug-likeness (QED) is 0.616. The molecule has 3 aromatic heterocycles. The Labute approximate surface area is 185 Å². The van der Waals surface area contributed by atoms with Crippen LogP contribution in [0.5, 0.6) is 0 Å². The van der Waals surface area contributed by atoms with E-state index in [1.165, 1.54) is 0 Å². The minimum Gasteiger partial charge on any atom is -0.361 e. The number of aryl methyl sites for hydroxylation is 1. The standard InChI is InChI=1S/C23H24N6O3/c1-27-10-7-20(26-27)21(30)29-15-19(17-5-4-8-24-13-17)23(16-29)22(31)28(11-12-32-23)14-18-6-2-3-9-25-18/h2-10,13,19H,11-12,14-16H2,1H3/t19-,23+/m1/s1. The van der Waals surface area contributed by atoms with Gasteiger partial charge in [-0.15, -0.1) is 0 Å². The minimum absolute atomic E-state index is 0.125. The number of rotatable bonds is 4. The van der Waals surface area contributed by atoms with Gasteiger partial charge in [-0.05, 0) is 29.8 Å². The van der Waals surface area contributed by atoms with Crippen molar-refractivity contribution in [2.24, 2.45) is 7.05 Å². The van der Waals surface area contributed by atoms with Gasteiger partial charge in [0.25, 0.3) is 11.8 Å². The van der Waals surface area contributed by atoms with Gasteiger partial charge in [-0.1, -0.05) is 12.1 Å². The second-order valence-corrected chi connectivity index (χ2v) is 8.19. The van der Waals surface area contributed by atoms with Gasteiger partial charge in [0, 0.05) is 50.8 Å². The Morgan fingerprint density at radius 1 is 1.22 bits per heavy atom. The van der Waals surface area contributed by atoms with Crippen molar-refractivity contribution in [3.05, 3.63) is 78.1 Å². The number of hydrogen-bond acceptors (Lipinski definition) is 6. The summed E-state index contributed by atoms with van der Waals surface area (Å²) in [5, 5.41) is 4.25. The second-order valence-electron chi connectivity index (χ2n) is 8.19. The lowest BCUT2D eigenvalue weighted by Crippen LogP contribution is -2.60. The van der Waals surface area contributed by atoms with Crippen molar-refractivity contribution >= 4 is 11.8 Å². The van der Waals surface area contributed by atoms with Gasteiger partial charge in [0.1, 0.15) is 5.69 Å². The van der Waals surface area contributed by atoms with Crippen LogP contribution < -0.4 is 0 Å². The normalized spacial score (nSPS) is 23.2. The molecule has 1 spiro atoms. The zero-order valence-electron chi connectivity index (χ0n) is 17.8. The number of ether oxygens (including phenoxy) is 1. The SMILES string of the molecule is Cn1ccc(C(=O)N2C[C@H](c3cccnc3)[C@]3(C2)OCCN(Cc2ccccn2)C3=O)n1. The van der Waals surface area contributed by atoms with E-state index in [0.29, 0.717) is 31.9 Å². The summed E-state index contributed by atoms with van der Waals surface area (Å²) >= 11 is 0. The summed E-state index contributed by atoms with van der Waals surface area (Å²) in [6.45, 7) is 1.79. The molecule has 9 heteroatoms. The van der Waals surface area contributed by atoms with Gasteiger partial charge in [-0.2, -0.15) is 5.10 Å². The maximum Gasteiger partial charge on any atom is 0.274 e. The van der Waals surface area contributed by atoms with Crippen LogP contribution in [0.2, 0.25) is 0 Å². The van der Waals surface area contributed by atoms with Crippen molar-refractivity contribution < 1.29 is 14.3 Å². The molecule has 0 unspecified atom stereocenters. The zero-order chi connectivity index (χ0) is 22.1. The smallest absolute Gasteiger partial charge is 0.274 e. The van der Waals surface area contributed by atoms with Crippen LogP contribution in [0.4, 0.5) is 0 Å². The van der Waals surface area contributed by atoms with Crippen molar-refractivity contribution in [3.8, 4) is 0 Å².